The van der Waals surface area contributed by atoms with Crippen molar-refractivity contribution in [3.63, 3.8) is 0 Å². The summed E-state index contributed by atoms with van der Waals surface area (Å²) in [7, 11) is -8.44. The SMILES string of the molecule is NS(=O)(=O)c1c(S(=O)(=O)C2CNC2)ccc(N2CCC[C@H](O)C2)c1-c1nn[nH]n1. The molecular weight excluding hydrogens is 422 g/mol. The standard InChI is InChI=1S/C15H21N7O5S2/c16-29(26,27)14-12(28(24,25)10-6-17-7-10)4-3-11(13(14)15-18-20-21-19-15)22-5-1-2-9(23)8-22/h3-4,9-10,17,23H,1-2,5-8H2,(H2,16,26,27)(H,18,19,20,21)/t9-/m0/s1. The number of nitrogens with two attached hydrogens (primary N) is 1. The first-order valence-corrected chi connectivity index (χ1v) is 12.1. The maximum absolute atomic E-state index is 13.1. The Bertz CT molecular complexity index is 1110. The van der Waals surface area contributed by atoms with Gasteiger partial charge in [0.15, 0.2) is 9.84 Å². The van der Waals surface area contributed by atoms with E-state index in [9.17, 15) is 21.9 Å². The number of piperidine rings is 1. The number of hydrogen-bond donors (Lipinski definition) is 4. The second-order valence-electron chi connectivity index (χ2n) is 7.13. The van der Waals surface area contributed by atoms with Crippen molar-refractivity contribution >= 4 is 25.5 Å². The quantitative estimate of drug-likeness (QED) is 0.412. The maximum Gasteiger partial charge on any atom is 0.240 e. The lowest BCUT2D eigenvalue weighted by Gasteiger charge is -2.34. The number of anilines is 1. The molecule has 14 heteroatoms. The molecule has 1 aromatic carbocycles. The molecule has 12 nitrogen and oxygen atoms in total. The molecule has 0 spiro atoms. The van der Waals surface area contributed by atoms with Crippen molar-refractivity contribution in [3.8, 4) is 11.4 Å². The van der Waals surface area contributed by atoms with Gasteiger partial charge in [-0.15, -0.1) is 10.2 Å². The smallest absolute Gasteiger partial charge is 0.240 e. The molecule has 4 rings (SSSR count). The molecule has 0 radical (unpaired) electrons. The first-order valence-electron chi connectivity index (χ1n) is 9.01. The van der Waals surface area contributed by atoms with Gasteiger partial charge in [0.05, 0.1) is 21.8 Å². The monoisotopic (exact) mass is 443 g/mol. The van der Waals surface area contributed by atoms with E-state index in [1.807, 2.05) is 0 Å². The number of sulfone groups is 1. The van der Waals surface area contributed by atoms with Crippen LogP contribution in [-0.4, -0.2) is 80.1 Å². The zero-order valence-electron chi connectivity index (χ0n) is 15.3. The average molecular weight is 444 g/mol. The predicted octanol–water partition coefficient (Wildman–Crippen LogP) is -1.78. The number of aromatic nitrogens is 4. The second-order valence-corrected chi connectivity index (χ2v) is 10.8. The van der Waals surface area contributed by atoms with E-state index in [0.717, 1.165) is 0 Å². The van der Waals surface area contributed by atoms with E-state index < -0.39 is 36.1 Å². The highest BCUT2D eigenvalue weighted by Crippen LogP contribution is 2.40. The number of nitrogens with one attached hydrogen (secondary N) is 2. The number of aliphatic hydroxyl groups excluding tert-OH is 1. The lowest BCUT2D eigenvalue weighted by atomic mass is 10.0. The summed E-state index contributed by atoms with van der Waals surface area (Å²) < 4.78 is 51.3. The fraction of sp³-hybridized carbons (Fsp3) is 0.533. The molecule has 5 N–H and O–H groups in total. The largest absolute Gasteiger partial charge is 0.391 e. The highest BCUT2D eigenvalue weighted by molar-refractivity contribution is 7.94. The van der Waals surface area contributed by atoms with Crippen molar-refractivity contribution in [2.75, 3.05) is 31.1 Å². The van der Waals surface area contributed by atoms with Gasteiger partial charge in [-0.25, -0.2) is 22.0 Å². The summed E-state index contributed by atoms with van der Waals surface area (Å²) in [4.78, 5) is 0.839. The van der Waals surface area contributed by atoms with Gasteiger partial charge in [-0.2, -0.15) is 5.21 Å². The highest BCUT2D eigenvalue weighted by atomic mass is 32.2. The predicted molar refractivity (Wildman–Crippen MR) is 102 cm³/mol. The van der Waals surface area contributed by atoms with E-state index in [1.165, 1.54) is 12.1 Å². The van der Waals surface area contributed by atoms with E-state index in [0.29, 0.717) is 25.1 Å². The molecule has 2 aromatic rings. The molecule has 2 fully saturated rings. The van der Waals surface area contributed by atoms with Crippen LogP contribution in [0.3, 0.4) is 0 Å². The fourth-order valence-corrected chi connectivity index (χ4v) is 6.82. The summed E-state index contributed by atoms with van der Waals surface area (Å²) in [6, 6.07) is 2.77. The molecule has 0 bridgehead atoms. The number of β-amino-alcohol motifs (C(OH)–C–C–N with tert-alkyl or cyclic N) is 1. The van der Waals surface area contributed by atoms with E-state index in [2.05, 4.69) is 25.9 Å². The van der Waals surface area contributed by atoms with Gasteiger partial charge in [-0.1, -0.05) is 0 Å². The molecule has 1 atom stereocenters. The van der Waals surface area contributed by atoms with Crippen LogP contribution in [0.5, 0.6) is 0 Å². The van der Waals surface area contributed by atoms with Crippen LogP contribution in [0.4, 0.5) is 5.69 Å². The maximum atomic E-state index is 13.1. The third kappa shape index (κ3) is 3.61. The first-order chi connectivity index (χ1) is 13.7. The molecule has 2 aliphatic rings. The Labute approximate surface area is 167 Å². The number of aromatic amines is 1. The number of aliphatic hydroxyl groups is 1. The number of H-pyrrole nitrogens is 1. The second kappa shape index (κ2) is 7.28. The van der Waals surface area contributed by atoms with Gasteiger partial charge in [0.1, 0.15) is 4.90 Å². The van der Waals surface area contributed by atoms with Gasteiger partial charge in [-0.05, 0) is 30.2 Å². The zero-order valence-corrected chi connectivity index (χ0v) is 16.9. The van der Waals surface area contributed by atoms with Crippen molar-refractivity contribution < 1.29 is 21.9 Å². The van der Waals surface area contributed by atoms with Crippen LogP contribution in [-0.2, 0) is 19.9 Å². The van der Waals surface area contributed by atoms with Crippen LogP contribution in [0.1, 0.15) is 12.8 Å². The van der Waals surface area contributed by atoms with Gasteiger partial charge in [0.25, 0.3) is 0 Å². The molecule has 0 saturated carbocycles. The Morgan fingerprint density at radius 3 is 2.52 bits per heavy atom. The van der Waals surface area contributed by atoms with Gasteiger partial charge >= 0.3 is 0 Å². The van der Waals surface area contributed by atoms with Gasteiger partial charge in [0, 0.05) is 31.9 Å². The topological polar surface area (TPSA) is 184 Å². The summed E-state index contributed by atoms with van der Waals surface area (Å²) in [6.07, 6.45) is 0.715. The van der Waals surface area contributed by atoms with E-state index in [4.69, 9.17) is 5.14 Å². The van der Waals surface area contributed by atoms with Crippen LogP contribution < -0.4 is 15.4 Å². The van der Waals surface area contributed by atoms with Gasteiger partial charge in [-0.3, -0.25) is 0 Å². The minimum absolute atomic E-state index is 0.0382. The highest BCUT2D eigenvalue weighted by Gasteiger charge is 2.39. The molecule has 2 aliphatic heterocycles. The Hall–Kier alpha value is -2.13. The molecule has 2 saturated heterocycles. The minimum Gasteiger partial charge on any atom is -0.391 e. The number of rotatable bonds is 5. The van der Waals surface area contributed by atoms with E-state index in [1.54, 1.807) is 4.90 Å². The third-order valence-electron chi connectivity index (χ3n) is 5.18. The summed E-state index contributed by atoms with van der Waals surface area (Å²) in [5.74, 6) is -0.0899. The first kappa shape index (κ1) is 20.2. The summed E-state index contributed by atoms with van der Waals surface area (Å²) >= 11 is 0. The Balaban J connectivity index is 2.00. The summed E-state index contributed by atoms with van der Waals surface area (Å²) in [6.45, 7) is 1.26. The van der Waals surface area contributed by atoms with Crippen LogP contribution >= 0.6 is 0 Å². The zero-order chi connectivity index (χ0) is 20.8. The van der Waals surface area contributed by atoms with Crippen LogP contribution in [0, 0.1) is 0 Å². The number of hydrogen-bond acceptors (Lipinski definition) is 10. The Morgan fingerprint density at radius 2 is 1.97 bits per heavy atom. The van der Waals surface area contributed by atoms with Crippen molar-refractivity contribution in [2.45, 2.75) is 34.0 Å². The van der Waals surface area contributed by atoms with E-state index in [-0.39, 0.29) is 35.9 Å². The Morgan fingerprint density at radius 1 is 1.21 bits per heavy atom. The van der Waals surface area contributed by atoms with Crippen LogP contribution in [0.2, 0.25) is 0 Å². The number of sulfonamides is 1. The van der Waals surface area contributed by atoms with E-state index >= 15 is 0 Å². The van der Waals surface area contributed by atoms with Crippen molar-refractivity contribution in [1.29, 1.82) is 0 Å². The summed E-state index contributed by atoms with van der Waals surface area (Å²) in [5.41, 5.74) is 0.337. The summed E-state index contributed by atoms with van der Waals surface area (Å²) in [5, 5.41) is 31.1. The molecule has 29 heavy (non-hydrogen) atoms. The number of benzene rings is 1. The molecule has 0 aliphatic carbocycles. The van der Waals surface area contributed by atoms with Crippen LogP contribution in [0.15, 0.2) is 21.9 Å². The van der Waals surface area contributed by atoms with Crippen molar-refractivity contribution in [1.82, 2.24) is 25.9 Å². The molecule has 1 aromatic heterocycles. The molecule has 0 amide bonds. The molecular formula is C15H21N7O5S2. The number of tetrazole rings is 1. The van der Waals surface area contributed by atoms with Crippen molar-refractivity contribution in [3.05, 3.63) is 12.1 Å². The molecule has 158 valence electrons. The number of primary sulfonamides is 1. The number of nitrogens with zero attached hydrogens (tertiary/aromatic N) is 4. The third-order valence-corrected chi connectivity index (χ3v) is 8.47. The minimum atomic E-state index is -4.48. The fourth-order valence-electron chi connectivity index (χ4n) is 3.64. The molecule has 3 heterocycles. The lowest BCUT2D eigenvalue weighted by molar-refractivity contribution is 0.154. The average Bonchev–Trinajstić information content (AvgIpc) is 3.12. The normalized spacial score (nSPS) is 21.2. The Kier molecular flexibility index (Phi) is 5.06. The lowest BCUT2D eigenvalue weighted by Crippen LogP contribution is -2.51. The van der Waals surface area contributed by atoms with Gasteiger partial charge in [0.2, 0.25) is 15.8 Å². The van der Waals surface area contributed by atoms with Crippen molar-refractivity contribution in [2.24, 2.45) is 5.14 Å². The van der Waals surface area contributed by atoms with Crippen LogP contribution in [0.25, 0.3) is 11.4 Å². The molecule has 0 unspecified atom stereocenters. The van der Waals surface area contributed by atoms with Gasteiger partial charge < -0.3 is 15.3 Å².